The van der Waals surface area contributed by atoms with E-state index in [2.05, 4.69) is 48.2 Å². The zero-order chi connectivity index (χ0) is 30.7. The number of piperidine rings is 1. The summed E-state index contributed by atoms with van der Waals surface area (Å²) in [6.07, 6.45) is 1.97. The van der Waals surface area contributed by atoms with Gasteiger partial charge in [0.05, 0.1) is 0 Å². The summed E-state index contributed by atoms with van der Waals surface area (Å²) >= 11 is 5.87. The summed E-state index contributed by atoms with van der Waals surface area (Å²) in [6, 6.07) is 16.4. The van der Waals surface area contributed by atoms with Crippen LogP contribution in [0.3, 0.4) is 0 Å². The van der Waals surface area contributed by atoms with Crippen molar-refractivity contribution in [2.24, 2.45) is 5.41 Å². The molecule has 2 saturated heterocycles. The lowest BCUT2D eigenvalue weighted by Crippen LogP contribution is -2.58. The first kappa shape index (κ1) is 31.2. The fraction of sp³-hybridized carbons (Fsp3) is 0.429. The molecule has 0 amide bonds. The second-order valence-corrected chi connectivity index (χ2v) is 13.1. The number of Topliss-reactive ketones (excluding diaryl/α,β-unsaturated/α-hetero) is 1. The molecule has 0 aliphatic carbocycles. The van der Waals surface area contributed by atoms with E-state index in [4.69, 9.17) is 21.3 Å². The summed E-state index contributed by atoms with van der Waals surface area (Å²) in [4.78, 5) is 24.1. The summed E-state index contributed by atoms with van der Waals surface area (Å²) in [5, 5.41) is 0.363. The molecule has 0 saturated carbocycles. The molecule has 5 rings (SSSR count). The van der Waals surface area contributed by atoms with Gasteiger partial charge in [0.15, 0.2) is 5.78 Å². The molecule has 0 N–H and O–H groups in total. The summed E-state index contributed by atoms with van der Waals surface area (Å²) in [6.45, 7) is 16.3. The van der Waals surface area contributed by atoms with Gasteiger partial charge in [0.2, 0.25) is 5.88 Å². The second-order valence-electron chi connectivity index (χ2n) is 12.7. The quantitative estimate of drug-likeness (QED) is 0.217. The van der Waals surface area contributed by atoms with Crippen LogP contribution in [0.4, 0.5) is 10.1 Å². The number of carbonyl (C=O) groups is 1. The third-order valence-corrected chi connectivity index (χ3v) is 8.91. The van der Waals surface area contributed by atoms with Gasteiger partial charge in [-0.15, -0.1) is 0 Å². The van der Waals surface area contributed by atoms with Crippen molar-refractivity contribution >= 4 is 23.1 Å². The van der Waals surface area contributed by atoms with Gasteiger partial charge in [0, 0.05) is 76.8 Å². The first-order valence-electron chi connectivity index (χ1n) is 15.0. The minimum absolute atomic E-state index is 0.0729. The number of aromatic nitrogens is 1. The van der Waals surface area contributed by atoms with Crippen LogP contribution in [-0.4, -0.2) is 66.9 Å². The molecule has 1 aromatic heterocycles. The van der Waals surface area contributed by atoms with Crippen LogP contribution in [-0.2, 0) is 6.61 Å². The zero-order valence-electron chi connectivity index (χ0n) is 25.7. The smallest absolute Gasteiger partial charge is 0.213 e. The highest BCUT2D eigenvalue weighted by Gasteiger charge is 2.39. The Morgan fingerprint density at radius 1 is 1.16 bits per heavy atom. The van der Waals surface area contributed by atoms with Crippen LogP contribution in [0.5, 0.6) is 5.88 Å². The van der Waals surface area contributed by atoms with E-state index in [1.54, 1.807) is 19.1 Å². The van der Waals surface area contributed by atoms with Gasteiger partial charge in [-0.2, -0.15) is 0 Å². The zero-order valence-corrected chi connectivity index (χ0v) is 26.5. The number of aryl methyl sites for hydroxylation is 1. The van der Waals surface area contributed by atoms with Gasteiger partial charge in [-0.3, -0.25) is 9.69 Å². The van der Waals surface area contributed by atoms with Gasteiger partial charge >= 0.3 is 0 Å². The molecule has 8 heteroatoms. The Bertz CT molecular complexity index is 1480. The van der Waals surface area contributed by atoms with Crippen molar-refractivity contribution in [3.63, 3.8) is 0 Å². The molecule has 0 spiro atoms. The highest BCUT2D eigenvalue weighted by Crippen LogP contribution is 2.35. The monoisotopic (exact) mass is 604 g/mol. The van der Waals surface area contributed by atoms with Gasteiger partial charge in [0.1, 0.15) is 12.4 Å². The number of ketones is 1. The normalized spacial score (nSPS) is 17.3. The number of nitrogens with zero attached hydrogens (tertiary/aromatic N) is 4. The summed E-state index contributed by atoms with van der Waals surface area (Å²) < 4.78 is 20.0. The van der Waals surface area contributed by atoms with E-state index in [1.165, 1.54) is 6.07 Å². The van der Waals surface area contributed by atoms with Gasteiger partial charge in [-0.25, -0.2) is 9.37 Å². The molecule has 0 atom stereocenters. The Balaban J connectivity index is 1.22. The number of carbonyl (C=O) groups excluding carboxylic acids is 1. The van der Waals surface area contributed by atoms with E-state index >= 15 is 0 Å². The lowest BCUT2D eigenvalue weighted by molar-refractivity contribution is 0.0465. The number of ether oxygens (including phenoxy) is 1. The van der Waals surface area contributed by atoms with Crippen LogP contribution in [0.2, 0.25) is 5.02 Å². The largest absolute Gasteiger partial charge is 0.473 e. The number of rotatable bonds is 11. The van der Waals surface area contributed by atoms with Crippen molar-refractivity contribution in [3.8, 4) is 5.88 Å². The molecule has 228 valence electrons. The van der Waals surface area contributed by atoms with Crippen LogP contribution in [0.15, 0.2) is 66.9 Å². The van der Waals surface area contributed by atoms with E-state index in [1.807, 2.05) is 30.3 Å². The highest BCUT2D eigenvalue weighted by atomic mass is 35.5. The standard InChI is InChI=1S/C35H42ClFN4O2/c1-24-9-10-28(26(3)42)17-33(24)41(23-35(4)21-39(5)22-35)25(2)19-40-15-13-27(14-16-40)32-7-6-8-34(38-32)43-20-29-11-12-30(36)18-31(29)37/h6-12,17-18,27H,2,13-16,19-23H2,1,3-5H3. The maximum Gasteiger partial charge on any atom is 0.213 e. The minimum Gasteiger partial charge on any atom is -0.473 e. The van der Waals surface area contributed by atoms with Crippen LogP contribution >= 0.6 is 11.6 Å². The summed E-state index contributed by atoms with van der Waals surface area (Å²) in [5.74, 6) is 0.516. The van der Waals surface area contributed by atoms with Crippen LogP contribution < -0.4 is 9.64 Å². The number of benzene rings is 2. The SMILES string of the molecule is C=C(CN1CCC(c2cccc(OCc3ccc(Cl)cc3F)n2)CC1)N(CC1(C)CN(C)C1)c1cc(C(C)=O)ccc1C. The summed E-state index contributed by atoms with van der Waals surface area (Å²) in [5.41, 5.74) is 5.62. The van der Waals surface area contributed by atoms with Gasteiger partial charge in [-0.05, 0) is 76.7 Å². The third kappa shape index (κ3) is 7.64. The van der Waals surface area contributed by atoms with Gasteiger partial charge < -0.3 is 14.5 Å². The number of pyridine rings is 1. The third-order valence-electron chi connectivity index (χ3n) is 8.68. The average molecular weight is 605 g/mol. The lowest BCUT2D eigenvalue weighted by Gasteiger charge is -2.49. The van der Waals surface area contributed by atoms with Crippen molar-refractivity contribution in [1.82, 2.24) is 14.8 Å². The molecule has 6 nitrogen and oxygen atoms in total. The Morgan fingerprint density at radius 3 is 2.58 bits per heavy atom. The fourth-order valence-corrected chi connectivity index (χ4v) is 6.64. The predicted molar refractivity (Wildman–Crippen MR) is 172 cm³/mol. The Hall–Kier alpha value is -3.26. The molecule has 0 radical (unpaired) electrons. The lowest BCUT2D eigenvalue weighted by atomic mass is 9.81. The van der Waals surface area contributed by atoms with Gasteiger partial charge in [0.25, 0.3) is 0 Å². The van der Waals surface area contributed by atoms with Crippen molar-refractivity contribution < 1.29 is 13.9 Å². The second kappa shape index (κ2) is 13.2. The number of hydrogen-bond donors (Lipinski definition) is 0. The van der Waals surface area contributed by atoms with E-state index < -0.39 is 0 Å². The molecule has 2 aromatic carbocycles. The molecule has 2 fully saturated rings. The summed E-state index contributed by atoms with van der Waals surface area (Å²) in [7, 11) is 2.16. The van der Waals surface area contributed by atoms with Crippen molar-refractivity contribution in [2.45, 2.75) is 46.1 Å². The maximum absolute atomic E-state index is 14.2. The maximum atomic E-state index is 14.2. The molecule has 43 heavy (non-hydrogen) atoms. The molecule has 3 aromatic rings. The molecular formula is C35H42ClFN4O2. The first-order chi connectivity index (χ1) is 20.5. The van der Waals surface area contributed by atoms with Crippen LogP contribution in [0.1, 0.15) is 59.8 Å². The number of hydrogen-bond acceptors (Lipinski definition) is 6. The number of anilines is 1. The van der Waals surface area contributed by atoms with Gasteiger partial charge in [-0.1, -0.05) is 49.4 Å². The molecule has 3 heterocycles. The van der Waals surface area contributed by atoms with E-state index in [0.717, 1.165) is 80.3 Å². The minimum atomic E-state index is -0.382. The van der Waals surface area contributed by atoms with Crippen molar-refractivity contribution in [1.29, 1.82) is 0 Å². The molecule has 0 unspecified atom stereocenters. The average Bonchev–Trinajstić information content (AvgIpc) is 2.95. The predicted octanol–water partition coefficient (Wildman–Crippen LogP) is 7.12. The number of likely N-dealkylation sites (tertiary alicyclic amines) is 2. The van der Waals surface area contributed by atoms with Crippen LogP contribution in [0, 0.1) is 18.2 Å². The molecule has 0 bridgehead atoms. The Morgan fingerprint density at radius 2 is 1.91 bits per heavy atom. The van der Waals surface area contributed by atoms with E-state index in [0.29, 0.717) is 22.4 Å². The van der Waals surface area contributed by atoms with Crippen molar-refractivity contribution in [2.75, 3.05) is 51.2 Å². The van der Waals surface area contributed by atoms with Crippen LogP contribution in [0.25, 0.3) is 0 Å². The molecular weight excluding hydrogens is 563 g/mol. The Kier molecular flexibility index (Phi) is 9.54. The highest BCUT2D eigenvalue weighted by molar-refractivity contribution is 6.30. The van der Waals surface area contributed by atoms with Crippen molar-refractivity contribution in [3.05, 3.63) is 100 Å². The first-order valence-corrected chi connectivity index (χ1v) is 15.4. The fourth-order valence-electron chi connectivity index (χ4n) is 6.48. The van der Waals surface area contributed by atoms with E-state index in [9.17, 15) is 9.18 Å². The molecule has 2 aliphatic rings. The number of halogens is 2. The van der Waals surface area contributed by atoms with E-state index in [-0.39, 0.29) is 23.6 Å². The molecule has 2 aliphatic heterocycles. The Labute approximate surface area is 260 Å². The topological polar surface area (TPSA) is 48.9 Å².